The summed E-state index contributed by atoms with van der Waals surface area (Å²) in [5.41, 5.74) is 5.69. The summed E-state index contributed by atoms with van der Waals surface area (Å²) in [4.78, 5) is 65.9. The zero-order chi connectivity index (χ0) is 65.0. The lowest BCUT2D eigenvalue weighted by molar-refractivity contribution is -0.334. The van der Waals surface area contributed by atoms with E-state index in [2.05, 4.69) is 29.4 Å². The molecule has 0 aliphatic carbocycles. The first-order valence-electron chi connectivity index (χ1n) is 30.5. The van der Waals surface area contributed by atoms with Crippen molar-refractivity contribution < 1.29 is 104 Å². The molecule has 0 radical (unpaired) electrons. The van der Waals surface area contributed by atoms with Crippen LogP contribution in [0.15, 0.2) is 53.6 Å². The number of nitrogens with one attached hydrogen (secondary N) is 1. The fourth-order valence-electron chi connectivity index (χ4n) is 10.8. The minimum atomic E-state index is -2.70. The summed E-state index contributed by atoms with van der Waals surface area (Å²) in [7, 11) is 1.62. The molecule has 24 heteroatoms. The van der Waals surface area contributed by atoms with Crippen molar-refractivity contribution in [1.29, 1.82) is 0 Å². The van der Waals surface area contributed by atoms with Gasteiger partial charge in [-0.2, -0.15) is 0 Å². The van der Waals surface area contributed by atoms with Crippen molar-refractivity contribution in [3.8, 4) is 0 Å². The normalized spacial score (nSPS) is 36.9. The number of hydrogen-bond donors (Lipinski definition) is 14. The molecule has 0 aromatic rings. The highest BCUT2D eigenvalue weighted by atomic mass is 16.7. The van der Waals surface area contributed by atoms with Crippen LogP contribution in [-0.4, -0.2) is 196 Å². The molecule has 0 unspecified atom stereocenters. The molecule has 0 aromatic heterocycles. The lowest BCUT2D eigenvalue weighted by Crippen LogP contribution is -2.60. The molecule has 0 aromatic carbocycles. The van der Waals surface area contributed by atoms with Crippen LogP contribution in [0.25, 0.3) is 0 Å². The number of aliphatic hydroxyl groups excluding tert-OH is 9. The fraction of sp³-hybridized carbons (Fsp3) is 0.774. The van der Waals surface area contributed by atoms with E-state index in [1.54, 1.807) is 46.0 Å². The van der Waals surface area contributed by atoms with Gasteiger partial charge in [0.2, 0.25) is 0 Å². The van der Waals surface area contributed by atoms with E-state index in [1.165, 1.54) is 32.1 Å². The zero-order valence-corrected chi connectivity index (χ0v) is 51.8. The second-order valence-corrected chi connectivity index (χ2v) is 24.4. The number of guanidine groups is 1. The molecule has 86 heavy (non-hydrogen) atoms. The molecular weight excluding hydrogens is 1120 g/mol. The van der Waals surface area contributed by atoms with E-state index in [9.17, 15) is 85.3 Å². The fourth-order valence-corrected chi connectivity index (χ4v) is 10.8. The number of allylic oxidation sites excluding steroid dienone is 4. The van der Waals surface area contributed by atoms with Gasteiger partial charge in [0, 0.05) is 69.4 Å². The molecule has 2 aliphatic rings. The number of carbonyl (C=O) groups excluding carboxylic acids is 3. The maximum absolute atomic E-state index is 13.9. The molecule has 2 heterocycles. The molecule has 2 aliphatic heterocycles. The van der Waals surface area contributed by atoms with Crippen LogP contribution in [-0.2, 0) is 42.9 Å². The first-order chi connectivity index (χ1) is 40.3. The number of carbonyl (C=O) groups is 5. The van der Waals surface area contributed by atoms with Gasteiger partial charge in [-0.3, -0.25) is 29.0 Å². The van der Waals surface area contributed by atoms with E-state index in [1.807, 2.05) is 13.8 Å². The average Bonchev–Trinajstić information content (AvgIpc) is 1.01. The number of hydrogen-bond acceptors (Lipinski definition) is 20. The van der Waals surface area contributed by atoms with E-state index in [0.29, 0.717) is 12.4 Å². The van der Waals surface area contributed by atoms with Crippen molar-refractivity contribution in [3.05, 3.63) is 48.6 Å². The van der Waals surface area contributed by atoms with Gasteiger partial charge < -0.3 is 91.3 Å². The Morgan fingerprint density at radius 1 is 0.721 bits per heavy atom. The summed E-state index contributed by atoms with van der Waals surface area (Å²) in [5.74, 6) is -13.0. The Bertz CT molecular complexity index is 2200. The maximum Gasteiger partial charge on any atom is 0.317 e. The number of aliphatic imine (C=N–C) groups is 1. The van der Waals surface area contributed by atoms with Crippen LogP contribution in [0.3, 0.4) is 0 Å². The molecule has 24 nitrogen and oxygen atoms in total. The number of nitrogens with zero attached hydrogens (tertiary/aromatic N) is 1. The number of nitrogens with two attached hydrogens (primary N) is 1. The van der Waals surface area contributed by atoms with Gasteiger partial charge in [0.1, 0.15) is 37.3 Å². The molecule has 2 rings (SSSR count). The quantitative estimate of drug-likeness (QED) is 0.0189. The number of cyclic esters (lactones) is 1. The largest absolute Gasteiger partial charge is 0.481 e. The van der Waals surface area contributed by atoms with Gasteiger partial charge in [0.15, 0.2) is 11.7 Å². The number of aliphatic carboxylic acids is 2. The highest BCUT2D eigenvalue weighted by molar-refractivity contribution is 5.90. The number of carboxylic acid groups (broad SMARTS) is 2. The van der Waals surface area contributed by atoms with E-state index in [0.717, 1.165) is 38.6 Å². The van der Waals surface area contributed by atoms with Crippen LogP contribution in [0.5, 0.6) is 0 Å². The second-order valence-electron chi connectivity index (χ2n) is 24.4. The standard InChI is InChI=1S/C62H105N3O21/c1-35(18-14-12-10-11-13-17-25-65-61(63)64-9)26-39(5)58-38(4)19-15-16-20-46(67)40(6)50(71)29-44(83-56(78)32-54(74)75)27-43(66)28-45-30-53(84-57(79)33-55(76)77)59(80)62(82,86-45)34-52(73)37(3)22-23-47(68)41(7)51(72)31-49(70)36(2)21-24-48(69)42(8)60(81)85-58/h10-11,15-16,19-21,24,35-53,58-59,66-73,80,82H,12-14,17-18,22-23,25-34H2,1-9H3,(H,74,75)(H,76,77)(H3,63,64,65)/b11-10+,19-15-,20-16-,24-21-/t35-,36-,37-,38-,39-,40+,41+,42+,43-,44-,45+,46+,47-,48+,49+,50+,51-,52+,53-,58-,59+,62-/m0/s1. The van der Waals surface area contributed by atoms with E-state index < -0.39 is 195 Å². The highest BCUT2D eigenvalue weighted by Crippen LogP contribution is 2.38. The third kappa shape index (κ3) is 28.5. The lowest BCUT2D eigenvalue weighted by Gasteiger charge is -2.46. The number of esters is 3. The Morgan fingerprint density at radius 3 is 1.95 bits per heavy atom. The second kappa shape index (κ2) is 39.2. The molecule has 1 saturated heterocycles. The number of ether oxygens (including phenoxy) is 4. The van der Waals surface area contributed by atoms with Crippen molar-refractivity contribution >= 4 is 35.8 Å². The number of fused-ring (bicyclic) bond motifs is 2. The van der Waals surface area contributed by atoms with Crippen LogP contribution in [0, 0.1) is 47.3 Å². The first kappa shape index (κ1) is 77.2. The monoisotopic (exact) mass is 1230 g/mol. The van der Waals surface area contributed by atoms with Gasteiger partial charge in [-0.05, 0) is 76.0 Å². The van der Waals surface area contributed by atoms with Crippen molar-refractivity contribution in [2.24, 2.45) is 58.1 Å². The SMILES string of the molecule is CN=C(N)NCCC/C=C/CCC[C@H](C)C[C@H](C)[C@H]1OC(=O)[C@H](C)[C@H](O)/C=C\[C@H](C)[C@H](O)C[C@H](O)[C@H](C)[C@@H](O)CC[C@H](C)[C@H](O)C[C@]2(O)O[C@H](C[C@@H](O)C[C@H](OC(=O)CC(=O)O)C[C@@H](O)[C@H](C)[C@H](O)/C=C\C=C/[C@@H]1C)C[C@H](OC(=O)CC(=O)O)[C@H]2O. The maximum atomic E-state index is 13.9. The zero-order valence-electron chi connectivity index (χ0n) is 51.8. The smallest absolute Gasteiger partial charge is 0.317 e. The summed E-state index contributed by atoms with van der Waals surface area (Å²) in [6.07, 6.45) is -3.57. The number of carboxylic acids is 2. The predicted molar refractivity (Wildman–Crippen MR) is 318 cm³/mol. The van der Waals surface area contributed by atoms with E-state index >= 15 is 0 Å². The summed E-state index contributed by atoms with van der Waals surface area (Å²) in [6, 6.07) is 0. The number of unbranched alkanes of at least 4 members (excludes halogenated alkanes) is 2. The summed E-state index contributed by atoms with van der Waals surface area (Å²) >= 11 is 0. The van der Waals surface area contributed by atoms with Gasteiger partial charge in [0.05, 0.1) is 60.9 Å². The molecular formula is C62H105N3O21. The van der Waals surface area contributed by atoms with Crippen molar-refractivity contribution in [2.45, 2.75) is 243 Å². The lowest BCUT2D eigenvalue weighted by atomic mass is 9.83. The molecule has 0 amide bonds. The van der Waals surface area contributed by atoms with Gasteiger partial charge >= 0.3 is 29.8 Å². The van der Waals surface area contributed by atoms with E-state index in [-0.39, 0.29) is 31.1 Å². The molecule has 1 fully saturated rings. The molecule has 494 valence electrons. The van der Waals surface area contributed by atoms with Gasteiger partial charge in [-0.25, -0.2) is 0 Å². The number of rotatable bonds is 17. The molecule has 0 saturated carbocycles. The third-order valence-electron chi connectivity index (χ3n) is 16.7. The van der Waals surface area contributed by atoms with Crippen molar-refractivity contribution in [1.82, 2.24) is 5.32 Å². The Balaban J connectivity index is 2.54. The highest BCUT2D eigenvalue weighted by Gasteiger charge is 2.52. The Labute approximate surface area is 507 Å². The Morgan fingerprint density at radius 2 is 1.33 bits per heavy atom. The van der Waals surface area contributed by atoms with Crippen LogP contribution in [0.2, 0.25) is 0 Å². The van der Waals surface area contributed by atoms with Gasteiger partial charge in [-0.1, -0.05) is 103 Å². The van der Waals surface area contributed by atoms with Crippen LogP contribution in [0.4, 0.5) is 0 Å². The number of aliphatic hydroxyl groups is 10. The minimum absolute atomic E-state index is 0.00763. The third-order valence-corrected chi connectivity index (χ3v) is 16.7. The topological polar surface area (TPSA) is 415 Å². The Hall–Kier alpha value is -4.86. The van der Waals surface area contributed by atoms with Crippen LogP contribution < -0.4 is 11.1 Å². The first-order valence-corrected chi connectivity index (χ1v) is 30.5. The minimum Gasteiger partial charge on any atom is -0.481 e. The Kier molecular flexibility index (Phi) is 35.2. The molecule has 0 spiro atoms. The van der Waals surface area contributed by atoms with Gasteiger partial charge in [0.25, 0.3) is 0 Å². The van der Waals surface area contributed by atoms with Crippen molar-refractivity contribution in [2.75, 3.05) is 13.6 Å². The average molecular weight is 1230 g/mol. The predicted octanol–water partition coefficient (Wildman–Crippen LogP) is 3.33. The van der Waals surface area contributed by atoms with Crippen LogP contribution >= 0.6 is 0 Å². The summed E-state index contributed by atoms with van der Waals surface area (Å²) < 4.78 is 22.8. The summed E-state index contributed by atoms with van der Waals surface area (Å²) in [5, 5.41) is 135. The van der Waals surface area contributed by atoms with Crippen LogP contribution in [0.1, 0.15) is 158 Å². The molecule has 2 bridgehead atoms. The molecule has 15 N–H and O–H groups in total. The van der Waals surface area contributed by atoms with Gasteiger partial charge in [-0.15, -0.1) is 0 Å². The van der Waals surface area contributed by atoms with Crippen molar-refractivity contribution in [3.63, 3.8) is 0 Å². The summed E-state index contributed by atoms with van der Waals surface area (Å²) in [6.45, 7) is 14.6. The molecule has 22 atom stereocenters. The van der Waals surface area contributed by atoms with E-state index in [4.69, 9.17) is 24.7 Å².